The topological polar surface area (TPSA) is 34.9 Å². The van der Waals surface area contributed by atoms with Gasteiger partial charge in [0.1, 0.15) is 4.47 Å². The van der Waals surface area contributed by atoms with E-state index >= 15 is 0 Å². The summed E-state index contributed by atoms with van der Waals surface area (Å²) in [6.07, 6.45) is 9.09. The molecule has 0 amide bonds. The summed E-state index contributed by atoms with van der Waals surface area (Å²) in [5.41, 5.74) is 1.02. The highest BCUT2D eigenvalue weighted by Crippen LogP contribution is 2.25. The van der Waals surface area contributed by atoms with Gasteiger partial charge in [-0.1, -0.05) is 25.2 Å². The molecule has 18 heavy (non-hydrogen) atoms. The van der Waals surface area contributed by atoms with Crippen molar-refractivity contribution >= 4 is 31.9 Å². The monoisotopic (exact) mass is 372 g/mol. The summed E-state index contributed by atoms with van der Waals surface area (Å²) in [4.78, 5) is 12.1. The van der Waals surface area contributed by atoms with Crippen molar-refractivity contribution in [3.8, 4) is 0 Å². The first kappa shape index (κ1) is 13.7. The number of aromatic nitrogens is 2. The minimum absolute atomic E-state index is 0.0503. The van der Waals surface area contributed by atoms with E-state index in [9.17, 15) is 4.79 Å². The van der Waals surface area contributed by atoms with Crippen molar-refractivity contribution in [1.29, 1.82) is 0 Å². The molecule has 0 aliphatic heterocycles. The van der Waals surface area contributed by atoms with Crippen LogP contribution < -0.4 is 5.56 Å². The van der Waals surface area contributed by atoms with Gasteiger partial charge in [-0.15, -0.1) is 0 Å². The summed E-state index contributed by atoms with van der Waals surface area (Å²) in [5, 5.41) is 4.19. The molecule has 1 heterocycles. The minimum Gasteiger partial charge on any atom is -0.266 e. The molecule has 1 aliphatic rings. The van der Waals surface area contributed by atoms with Crippen LogP contribution in [0.3, 0.4) is 0 Å². The first-order chi connectivity index (χ1) is 8.50. The summed E-state index contributed by atoms with van der Waals surface area (Å²) in [5.74, 6) is 0.572. The molecule has 0 bridgehead atoms. The molecule has 0 N–H and O–H groups in total. The number of hydrogen-bond acceptors (Lipinski definition) is 2. The first-order valence-electron chi connectivity index (χ1n) is 5.81. The molecule has 0 aromatic carbocycles. The maximum atomic E-state index is 12.1. The molecule has 0 spiro atoms. The zero-order valence-corrected chi connectivity index (χ0v) is 13.4. The Hall–Kier alpha value is -0.680. The van der Waals surface area contributed by atoms with Gasteiger partial charge in [-0.25, -0.2) is 4.68 Å². The lowest BCUT2D eigenvalue weighted by Crippen LogP contribution is -2.27. The van der Waals surface area contributed by atoms with E-state index in [1.807, 2.05) is 6.92 Å². The van der Waals surface area contributed by atoms with Crippen molar-refractivity contribution in [3.05, 3.63) is 49.3 Å². The molecule has 2 rings (SSSR count). The molecule has 1 aromatic rings. The van der Waals surface area contributed by atoms with Crippen LogP contribution in [0.4, 0.5) is 0 Å². The maximum Gasteiger partial charge on any atom is 0.282 e. The van der Waals surface area contributed by atoms with Gasteiger partial charge >= 0.3 is 0 Å². The molecule has 1 aromatic heterocycles. The normalized spacial score (nSPS) is 20.7. The molecular weight excluding hydrogens is 360 g/mol. The second-order valence-corrected chi connectivity index (χ2v) is 6.16. The van der Waals surface area contributed by atoms with E-state index in [4.69, 9.17) is 0 Å². The lowest BCUT2D eigenvalue weighted by Gasteiger charge is -2.19. The van der Waals surface area contributed by atoms with E-state index in [-0.39, 0.29) is 11.6 Å². The first-order valence-corrected chi connectivity index (χ1v) is 7.40. The van der Waals surface area contributed by atoms with Crippen LogP contribution in [0.1, 0.15) is 26.3 Å². The van der Waals surface area contributed by atoms with Gasteiger partial charge in [-0.05, 0) is 56.7 Å². The molecule has 3 nitrogen and oxygen atoms in total. The van der Waals surface area contributed by atoms with Crippen molar-refractivity contribution < 1.29 is 0 Å². The standard InChI is InChI=1S/C13H14Br2N2O/c1-8-3-5-10(6-4-8)9(2)17-13(18)12(15)11(14)7-16-17/h3,5-9H,4H2,1-2H3. The largest absolute Gasteiger partial charge is 0.282 e. The van der Waals surface area contributed by atoms with Gasteiger partial charge in [0.05, 0.1) is 16.7 Å². The Balaban J connectivity index is 2.36. The van der Waals surface area contributed by atoms with Gasteiger partial charge in [-0.3, -0.25) is 4.79 Å². The van der Waals surface area contributed by atoms with Gasteiger partial charge in [0.2, 0.25) is 0 Å². The number of hydrogen-bond donors (Lipinski definition) is 0. The summed E-state index contributed by atoms with van der Waals surface area (Å²) < 4.78 is 2.69. The Morgan fingerprint density at radius 3 is 2.83 bits per heavy atom. The highest BCUT2D eigenvalue weighted by atomic mass is 79.9. The second kappa shape index (κ2) is 5.53. The van der Waals surface area contributed by atoms with E-state index in [2.05, 4.69) is 62.1 Å². The predicted octanol–water partition coefficient (Wildman–Crippen LogP) is 3.85. The lowest BCUT2D eigenvalue weighted by atomic mass is 9.95. The van der Waals surface area contributed by atoms with E-state index in [0.717, 1.165) is 12.0 Å². The summed E-state index contributed by atoms with van der Waals surface area (Å²) in [7, 11) is 0. The zero-order chi connectivity index (χ0) is 13.3. The van der Waals surface area contributed by atoms with Crippen molar-refractivity contribution in [3.63, 3.8) is 0 Å². The molecule has 0 fully saturated rings. The fourth-order valence-electron chi connectivity index (χ4n) is 1.90. The van der Waals surface area contributed by atoms with Gasteiger partial charge in [0, 0.05) is 0 Å². The van der Waals surface area contributed by atoms with Crippen molar-refractivity contribution in [1.82, 2.24) is 9.78 Å². The van der Waals surface area contributed by atoms with Crippen molar-refractivity contribution in [2.24, 2.45) is 5.92 Å². The summed E-state index contributed by atoms with van der Waals surface area (Å²) in [6, 6.07) is -0.0503. The average Bonchev–Trinajstić information content (AvgIpc) is 2.36. The number of allylic oxidation sites excluding steroid dienone is 4. The van der Waals surface area contributed by atoms with Crippen LogP contribution >= 0.6 is 31.9 Å². The third kappa shape index (κ3) is 2.67. The third-order valence-electron chi connectivity index (χ3n) is 3.09. The Bertz CT molecular complexity index is 575. The van der Waals surface area contributed by atoms with E-state index in [1.54, 1.807) is 6.20 Å². The molecule has 0 radical (unpaired) electrons. The van der Waals surface area contributed by atoms with Gasteiger partial charge < -0.3 is 0 Å². The Morgan fingerprint density at radius 2 is 2.22 bits per heavy atom. The molecule has 5 heteroatoms. The molecule has 2 atom stereocenters. The minimum atomic E-state index is -0.121. The molecule has 2 unspecified atom stereocenters. The number of halogens is 2. The Kier molecular flexibility index (Phi) is 4.22. The quantitative estimate of drug-likeness (QED) is 0.789. The zero-order valence-electron chi connectivity index (χ0n) is 10.2. The van der Waals surface area contributed by atoms with Crippen LogP contribution in [0.5, 0.6) is 0 Å². The second-order valence-electron chi connectivity index (χ2n) is 4.51. The van der Waals surface area contributed by atoms with Crippen LogP contribution in [0.2, 0.25) is 0 Å². The van der Waals surface area contributed by atoms with E-state index in [0.29, 0.717) is 14.9 Å². The fourth-order valence-corrected chi connectivity index (χ4v) is 2.44. The van der Waals surface area contributed by atoms with Crippen LogP contribution in [-0.2, 0) is 0 Å². The summed E-state index contributed by atoms with van der Waals surface area (Å²) in [6.45, 7) is 4.16. The molecule has 1 aliphatic carbocycles. The molecule has 0 saturated carbocycles. The maximum absolute atomic E-state index is 12.1. The van der Waals surface area contributed by atoms with Crippen LogP contribution in [0, 0.1) is 5.92 Å². The number of nitrogens with zero attached hydrogens (tertiary/aromatic N) is 2. The lowest BCUT2D eigenvalue weighted by molar-refractivity contribution is 0.521. The van der Waals surface area contributed by atoms with Crippen LogP contribution in [-0.4, -0.2) is 9.78 Å². The number of rotatable bonds is 2. The van der Waals surface area contributed by atoms with Gasteiger partial charge in [-0.2, -0.15) is 5.10 Å². The van der Waals surface area contributed by atoms with Crippen molar-refractivity contribution in [2.75, 3.05) is 0 Å². The van der Waals surface area contributed by atoms with Gasteiger partial charge in [0.15, 0.2) is 0 Å². The predicted molar refractivity (Wildman–Crippen MR) is 79.6 cm³/mol. The van der Waals surface area contributed by atoms with Gasteiger partial charge in [0.25, 0.3) is 5.56 Å². The Morgan fingerprint density at radius 1 is 1.50 bits per heavy atom. The van der Waals surface area contributed by atoms with E-state index < -0.39 is 0 Å². The Labute approximate surface area is 123 Å². The molecule has 0 saturated heterocycles. The molecule has 96 valence electrons. The summed E-state index contributed by atoms with van der Waals surface area (Å²) >= 11 is 6.56. The highest BCUT2D eigenvalue weighted by Gasteiger charge is 2.16. The van der Waals surface area contributed by atoms with E-state index in [1.165, 1.54) is 4.68 Å². The fraction of sp³-hybridized carbons (Fsp3) is 0.385. The van der Waals surface area contributed by atoms with Crippen molar-refractivity contribution in [2.45, 2.75) is 26.3 Å². The molecular formula is C13H14Br2N2O. The van der Waals surface area contributed by atoms with Crippen LogP contribution in [0.15, 0.2) is 43.7 Å². The third-order valence-corrected chi connectivity index (χ3v) is 4.99. The average molecular weight is 374 g/mol. The SMILES string of the molecule is CC1C=CC(C(C)n2ncc(Br)c(Br)c2=O)=CC1. The highest BCUT2D eigenvalue weighted by molar-refractivity contribution is 9.13. The smallest absolute Gasteiger partial charge is 0.266 e. The van der Waals surface area contributed by atoms with Crippen LogP contribution in [0.25, 0.3) is 0 Å².